The molecular weight excluding hydrogens is 300 g/mol. The quantitative estimate of drug-likeness (QED) is 0.658. The lowest BCUT2D eigenvalue weighted by atomic mass is 10.3. The van der Waals surface area contributed by atoms with Crippen LogP contribution in [-0.4, -0.2) is 18.2 Å². The minimum atomic E-state index is 0.0341. The molecule has 0 aliphatic rings. The number of amides is 1. The van der Waals surface area contributed by atoms with E-state index in [-0.39, 0.29) is 5.91 Å². The van der Waals surface area contributed by atoms with Gasteiger partial charge in [-0.2, -0.15) is 0 Å². The second kappa shape index (κ2) is 8.53. The van der Waals surface area contributed by atoms with E-state index in [0.717, 1.165) is 15.3 Å². The SMILES string of the molecule is NCC#Cc1csc(CNC(=O)CSc2ccccc2)c1. The molecule has 0 spiro atoms. The molecule has 0 saturated heterocycles. The summed E-state index contributed by atoms with van der Waals surface area (Å²) in [5.74, 6) is 6.25. The highest BCUT2D eigenvalue weighted by molar-refractivity contribution is 8.00. The van der Waals surface area contributed by atoms with Crippen molar-refractivity contribution in [2.24, 2.45) is 5.73 Å². The maximum absolute atomic E-state index is 11.8. The van der Waals surface area contributed by atoms with Crippen LogP contribution < -0.4 is 11.1 Å². The molecule has 2 rings (SSSR count). The molecule has 1 amide bonds. The number of carbonyl (C=O) groups is 1. The molecule has 0 unspecified atom stereocenters. The van der Waals surface area contributed by atoms with Gasteiger partial charge in [0.05, 0.1) is 18.8 Å². The summed E-state index contributed by atoms with van der Waals surface area (Å²) in [6.07, 6.45) is 0. The van der Waals surface area contributed by atoms with Crippen LogP contribution in [0.5, 0.6) is 0 Å². The van der Waals surface area contributed by atoms with Crippen LogP contribution in [0.3, 0.4) is 0 Å². The zero-order valence-electron chi connectivity index (χ0n) is 11.5. The first-order valence-corrected chi connectivity index (χ1v) is 8.35. The van der Waals surface area contributed by atoms with Crippen LogP contribution in [0.25, 0.3) is 0 Å². The van der Waals surface area contributed by atoms with Gasteiger partial charge in [0, 0.05) is 20.7 Å². The van der Waals surface area contributed by atoms with Gasteiger partial charge in [-0.15, -0.1) is 23.1 Å². The lowest BCUT2D eigenvalue weighted by Crippen LogP contribution is -2.24. The number of rotatable bonds is 5. The Bertz CT molecular complexity index is 641. The molecule has 0 fully saturated rings. The van der Waals surface area contributed by atoms with Gasteiger partial charge in [-0.05, 0) is 18.2 Å². The highest BCUT2D eigenvalue weighted by Gasteiger charge is 2.04. The predicted octanol–water partition coefficient (Wildman–Crippen LogP) is 2.47. The summed E-state index contributed by atoms with van der Waals surface area (Å²) < 4.78 is 0. The van der Waals surface area contributed by atoms with Gasteiger partial charge < -0.3 is 11.1 Å². The van der Waals surface area contributed by atoms with Crippen molar-refractivity contribution < 1.29 is 4.79 Å². The molecule has 1 aromatic carbocycles. The fraction of sp³-hybridized carbons (Fsp3) is 0.188. The average Bonchev–Trinajstić information content (AvgIpc) is 2.98. The van der Waals surface area contributed by atoms with Gasteiger partial charge in [0.25, 0.3) is 0 Å². The Kier molecular flexibility index (Phi) is 6.35. The van der Waals surface area contributed by atoms with Gasteiger partial charge in [-0.25, -0.2) is 0 Å². The first-order valence-electron chi connectivity index (χ1n) is 6.49. The van der Waals surface area contributed by atoms with Crippen LogP contribution in [0.15, 0.2) is 46.7 Å². The largest absolute Gasteiger partial charge is 0.350 e. The highest BCUT2D eigenvalue weighted by atomic mass is 32.2. The summed E-state index contributed by atoms with van der Waals surface area (Å²) >= 11 is 3.13. The van der Waals surface area contributed by atoms with Crippen molar-refractivity contribution in [3.05, 3.63) is 52.2 Å². The van der Waals surface area contributed by atoms with Crippen LogP contribution in [0.4, 0.5) is 0 Å². The molecule has 1 heterocycles. The average molecular weight is 316 g/mol. The van der Waals surface area contributed by atoms with E-state index in [4.69, 9.17) is 5.73 Å². The Morgan fingerprint density at radius 3 is 2.90 bits per heavy atom. The van der Waals surface area contributed by atoms with Crippen LogP contribution in [0, 0.1) is 11.8 Å². The summed E-state index contributed by atoms with van der Waals surface area (Å²) in [4.78, 5) is 14.0. The van der Waals surface area contributed by atoms with Gasteiger partial charge in [0.1, 0.15) is 0 Å². The Labute approximate surface area is 132 Å². The van der Waals surface area contributed by atoms with Gasteiger partial charge in [-0.1, -0.05) is 30.0 Å². The Morgan fingerprint density at radius 1 is 1.33 bits per heavy atom. The summed E-state index contributed by atoms with van der Waals surface area (Å²) in [6.45, 7) is 0.905. The monoisotopic (exact) mass is 316 g/mol. The first-order chi connectivity index (χ1) is 10.3. The molecule has 0 bridgehead atoms. The van der Waals surface area contributed by atoms with Gasteiger partial charge in [-0.3, -0.25) is 4.79 Å². The third-order valence-electron chi connectivity index (χ3n) is 2.56. The number of benzene rings is 1. The van der Waals surface area contributed by atoms with Gasteiger partial charge in [0.15, 0.2) is 0 Å². The fourth-order valence-corrected chi connectivity index (χ4v) is 3.10. The van der Waals surface area contributed by atoms with Gasteiger partial charge >= 0.3 is 0 Å². The standard InChI is InChI=1S/C16H16N2OS2/c17-8-4-5-13-9-15(20-11-13)10-18-16(19)12-21-14-6-2-1-3-7-14/h1-3,6-7,9,11H,8,10,12,17H2,(H,18,19). The molecule has 21 heavy (non-hydrogen) atoms. The Morgan fingerprint density at radius 2 is 2.14 bits per heavy atom. The molecule has 108 valence electrons. The maximum atomic E-state index is 11.8. The Hall–Kier alpha value is -1.74. The van der Waals surface area contributed by atoms with Crippen LogP contribution in [0.2, 0.25) is 0 Å². The van der Waals surface area contributed by atoms with Crippen LogP contribution in [-0.2, 0) is 11.3 Å². The van der Waals surface area contributed by atoms with Crippen molar-refractivity contribution in [3.63, 3.8) is 0 Å². The molecule has 5 heteroatoms. The number of thiophene rings is 1. The van der Waals surface area contributed by atoms with E-state index in [1.807, 2.05) is 41.8 Å². The van der Waals surface area contributed by atoms with E-state index in [0.29, 0.717) is 18.8 Å². The Balaban J connectivity index is 1.75. The van der Waals surface area contributed by atoms with E-state index in [9.17, 15) is 4.79 Å². The van der Waals surface area contributed by atoms with Crippen LogP contribution >= 0.6 is 23.1 Å². The third kappa shape index (κ3) is 5.64. The lowest BCUT2D eigenvalue weighted by molar-refractivity contribution is -0.118. The van der Waals surface area contributed by atoms with E-state index >= 15 is 0 Å². The summed E-state index contributed by atoms with van der Waals surface area (Å²) in [6, 6.07) is 11.9. The fourth-order valence-electron chi connectivity index (χ4n) is 1.59. The van der Waals surface area contributed by atoms with E-state index in [1.165, 1.54) is 11.8 Å². The summed E-state index contributed by atoms with van der Waals surface area (Å²) in [5.41, 5.74) is 6.29. The molecule has 0 radical (unpaired) electrons. The highest BCUT2D eigenvalue weighted by Crippen LogP contribution is 2.17. The number of nitrogens with two attached hydrogens (primary N) is 1. The summed E-state index contributed by atoms with van der Waals surface area (Å²) in [7, 11) is 0. The number of hydrogen-bond donors (Lipinski definition) is 2. The second-order valence-electron chi connectivity index (χ2n) is 4.19. The number of nitrogens with one attached hydrogen (secondary N) is 1. The number of thioether (sulfide) groups is 1. The molecule has 3 nitrogen and oxygen atoms in total. The minimum absolute atomic E-state index is 0.0341. The normalized spacial score (nSPS) is 9.76. The molecule has 2 aromatic rings. The topological polar surface area (TPSA) is 55.1 Å². The molecule has 1 aromatic heterocycles. The molecule has 3 N–H and O–H groups in total. The van der Waals surface area contributed by atoms with Crippen molar-refractivity contribution in [3.8, 4) is 11.8 Å². The molecular formula is C16H16N2OS2. The maximum Gasteiger partial charge on any atom is 0.230 e. The van der Waals surface area contributed by atoms with Crippen LogP contribution in [0.1, 0.15) is 10.4 Å². The molecule has 0 atom stereocenters. The van der Waals surface area contributed by atoms with Gasteiger partial charge in [0.2, 0.25) is 5.91 Å². The van der Waals surface area contributed by atoms with Crippen molar-refractivity contribution in [1.29, 1.82) is 0 Å². The number of carbonyl (C=O) groups excluding carboxylic acids is 1. The first kappa shape index (κ1) is 15.6. The second-order valence-corrected chi connectivity index (χ2v) is 6.23. The van der Waals surface area contributed by atoms with Crippen molar-refractivity contribution in [2.45, 2.75) is 11.4 Å². The molecule has 0 saturated carbocycles. The summed E-state index contributed by atoms with van der Waals surface area (Å²) in [5, 5.41) is 4.89. The van der Waals surface area contributed by atoms with E-state index in [1.54, 1.807) is 11.3 Å². The smallest absolute Gasteiger partial charge is 0.230 e. The zero-order chi connectivity index (χ0) is 14.9. The van der Waals surface area contributed by atoms with E-state index < -0.39 is 0 Å². The predicted molar refractivity (Wildman–Crippen MR) is 89.3 cm³/mol. The van der Waals surface area contributed by atoms with Crippen molar-refractivity contribution >= 4 is 29.0 Å². The van der Waals surface area contributed by atoms with Crippen molar-refractivity contribution in [1.82, 2.24) is 5.32 Å². The van der Waals surface area contributed by atoms with Crippen molar-refractivity contribution in [2.75, 3.05) is 12.3 Å². The molecule has 0 aliphatic heterocycles. The molecule has 0 aliphatic carbocycles. The minimum Gasteiger partial charge on any atom is -0.350 e. The third-order valence-corrected chi connectivity index (χ3v) is 4.51. The zero-order valence-corrected chi connectivity index (χ0v) is 13.1. The lowest BCUT2D eigenvalue weighted by Gasteiger charge is -2.03. The number of hydrogen-bond acceptors (Lipinski definition) is 4. The van der Waals surface area contributed by atoms with E-state index in [2.05, 4.69) is 17.2 Å².